The first-order chi connectivity index (χ1) is 10.7. The molecule has 0 saturated heterocycles. The van der Waals surface area contributed by atoms with Crippen molar-refractivity contribution in [3.63, 3.8) is 0 Å². The van der Waals surface area contributed by atoms with Gasteiger partial charge in [-0.15, -0.1) is 0 Å². The maximum Gasteiger partial charge on any atom is 0.269 e. The molecule has 0 fully saturated rings. The largest absolute Gasteiger partial charge is 0.269 e. The fourth-order valence-corrected chi connectivity index (χ4v) is 4.40. The van der Waals surface area contributed by atoms with Gasteiger partial charge in [0.1, 0.15) is 0 Å². The number of nitrogens with zero attached hydrogens (tertiary/aromatic N) is 2. The van der Waals surface area contributed by atoms with Crippen LogP contribution in [0, 0.1) is 23.3 Å². The highest BCUT2D eigenvalue weighted by molar-refractivity contribution is 8.04. The molecule has 0 amide bonds. The van der Waals surface area contributed by atoms with E-state index >= 15 is 0 Å². The molecule has 1 heterocycles. The van der Waals surface area contributed by atoms with Crippen molar-refractivity contribution in [1.82, 2.24) is 0 Å². The quantitative estimate of drug-likeness (QED) is 0.577. The van der Waals surface area contributed by atoms with Crippen LogP contribution in [0.15, 0.2) is 58.7 Å². The van der Waals surface area contributed by atoms with Crippen LogP contribution in [0.3, 0.4) is 0 Å². The molecule has 116 valence electrons. The highest BCUT2D eigenvalue weighted by atomic mass is 32.2. The maximum atomic E-state index is 13.0. The normalized spacial score (nSPS) is 19.0. The van der Waals surface area contributed by atoms with E-state index in [4.69, 9.17) is 11.8 Å². The Balaban J connectivity index is 2.85. The van der Waals surface area contributed by atoms with E-state index in [-0.39, 0.29) is 15.5 Å². The molecule has 0 spiro atoms. The maximum absolute atomic E-state index is 13.0. The number of allylic oxidation sites excluding steroid dienone is 5. The van der Waals surface area contributed by atoms with Gasteiger partial charge in [-0.1, -0.05) is 51.1 Å². The molecule has 1 aromatic carbocycles. The van der Waals surface area contributed by atoms with Crippen molar-refractivity contribution in [3.8, 4) is 6.07 Å². The third-order valence-electron chi connectivity index (χ3n) is 3.44. The summed E-state index contributed by atoms with van der Waals surface area (Å²) in [5.74, 6) is 0. The lowest BCUT2D eigenvalue weighted by Crippen LogP contribution is -2.22. The molecule has 0 aliphatic carbocycles. The first-order valence-corrected chi connectivity index (χ1v) is 8.46. The smallest absolute Gasteiger partial charge is 0.226 e. The molecule has 2 rings (SSSR count). The van der Waals surface area contributed by atoms with E-state index in [1.807, 2.05) is 6.07 Å². The van der Waals surface area contributed by atoms with E-state index < -0.39 is 15.3 Å². The lowest BCUT2D eigenvalue weighted by Gasteiger charge is -2.27. The van der Waals surface area contributed by atoms with Gasteiger partial charge in [0.2, 0.25) is 9.84 Å². The second kappa shape index (κ2) is 5.87. The summed E-state index contributed by atoms with van der Waals surface area (Å²) in [5, 5.41) is 9.12. The second-order valence-corrected chi connectivity index (χ2v) is 8.05. The summed E-state index contributed by atoms with van der Waals surface area (Å²) < 4.78 is 26.0. The molecule has 1 aliphatic rings. The number of benzene rings is 1. The Morgan fingerprint density at radius 1 is 1.17 bits per heavy atom. The Hall–Kier alpha value is -2.63. The Morgan fingerprint density at radius 2 is 1.78 bits per heavy atom. The molecule has 0 radical (unpaired) electrons. The Labute approximate surface area is 136 Å². The standard InChI is InChI=1S/C18H16N2O2S/c1-18(2,3)17-11-14(15(12-19)20-4)10-16(23(17,21)22)13-8-6-5-7-9-13/h5-11H,1-3H3/b15-14-. The summed E-state index contributed by atoms with van der Waals surface area (Å²) >= 11 is 0. The van der Waals surface area contributed by atoms with Crippen molar-refractivity contribution < 1.29 is 8.42 Å². The fraction of sp³-hybridized carbons (Fsp3) is 0.222. The van der Waals surface area contributed by atoms with Gasteiger partial charge < -0.3 is 0 Å². The highest BCUT2D eigenvalue weighted by Gasteiger charge is 2.36. The zero-order valence-electron chi connectivity index (χ0n) is 13.2. The van der Waals surface area contributed by atoms with Gasteiger partial charge in [0.15, 0.2) is 0 Å². The topological polar surface area (TPSA) is 62.3 Å². The van der Waals surface area contributed by atoms with Crippen LogP contribution in [0.2, 0.25) is 0 Å². The molecule has 0 bridgehead atoms. The predicted molar refractivity (Wildman–Crippen MR) is 90.1 cm³/mol. The number of sulfone groups is 1. The van der Waals surface area contributed by atoms with E-state index in [1.165, 1.54) is 12.2 Å². The van der Waals surface area contributed by atoms with Crippen molar-refractivity contribution in [1.29, 1.82) is 5.26 Å². The molecule has 0 atom stereocenters. The van der Waals surface area contributed by atoms with Crippen LogP contribution >= 0.6 is 0 Å². The van der Waals surface area contributed by atoms with E-state index in [9.17, 15) is 8.42 Å². The third kappa shape index (κ3) is 3.11. The van der Waals surface area contributed by atoms with Crippen molar-refractivity contribution in [3.05, 3.63) is 75.6 Å². The molecule has 0 unspecified atom stereocenters. The average Bonchev–Trinajstić information content (AvgIpc) is 2.49. The van der Waals surface area contributed by atoms with Gasteiger partial charge in [0, 0.05) is 0 Å². The predicted octanol–water partition coefficient (Wildman–Crippen LogP) is 4.08. The van der Waals surface area contributed by atoms with E-state index in [2.05, 4.69) is 4.85 Å². The van der Waals surface area contributed by atoms with E-state index in [0.29, 0.717) is 11.1 Å². The van der Waals surface area contributed by atoms with Crippen LogP contribution < -0.4 is 0 Å². The number of hydrogen-bond acceptors (Lipinski definition) is 3. The van der Waals surface area contributed by atoms with Crippen LogP contribution in [0.4, 0.5) is 0 Å². The second-order valence-electron chi connectivity index (χ2n) is 6.16. The minimum atomic E-state index is -3.68. The lowest BCUT2D eigenvalue weighted by atomic mass is 9.94. The van der Waals surface area contributed by atoms with E-state index in [1.54, 1.807) is 51.1 Å². The van der Waals surface area contributed by atoms with Crippen LogP contribution in [-0.4, -0.2) is 8.42 Å². The summed E-state index contributed by atoms with van der Waals surface area (Å²) in [7, 11) is -3.68. The summed E-state index contributed by atoms with van der Waals surface area (Å²) in [6.07, 6.45) is 2.86. The van der Waals surface area contributed by atoms with Gasteiger partial charge in [-0.25, -0.2) is 18.5 Å². The molecule has 1 aromatic rings. The zero-order valence-corrected chi connectivity index (χ0v) is 14.0. The average molecular weight is 324 g/mol. The van der Waals surface area contributed by atoms with Gasteiger partial charge in [-0.05, 0) is 28.7 Å². The molecule has 0 N–H and O–H groups in total. The molecular formula is C18H16N2O2S. The molecule has 1 aliphatic heterocycles. The van der Waals surface area contributed by atoms with Crippen molar-refractivity contribution in [2.45, 2.75) is 20.8 Å². The molecule has 4 nitrogen and oxygen atoms in total. The SMILES string of the molecule is [C-]#[N+]/C(C#N)=C1/C=C(c2ccccc2)S(=O)(=O)C(C(C)(C)C)=C1. The molecule has 23 heavy (non-hydrogen) atoms. The van der Waals surface area contributed by atoms with Crippen molar-refractivity contribution in [2.24, 2.45) is 5.41 Å². The molecule has 0 saturated carbocycles. The van der Waals surface area contributed by atoms with Gasteiger partial charge in [0.05, 0.1) is 22.5 Å². The van der Waals surface area contributed by atoms with Gasteiger partial charge in [-0.3, -0.25) is 0 Å². The first-order valence-electron chi connectivity index (χ1n) is 6.98. The van der Waals surface area contributed by atoms with Gasteiger partial charge >= 0.3 is 0 Å². The Morgan fingerprint density at radius 3 is 2.26 bits per heavy atom. The summed E-state index contributed by atoms with van der Waals surface area (Å²) in [6.45, 7) is 12.5. The molecule has 5 heteroatoms. The minimum absolute atomic E-state index is 0.116. The van der Waals surface area contributed by atoms with Crippen LogP contribution in [0.5, 0.6) is 0 Å². The van der Waals surface area contributed by atoms with Crippen LogP contribution in [0.1, 0.15) is 26.3 Å². The summed E-state index contributed by atoms with van der Waals surface area (Å²) in [6, 6.07) is 10.6. The third-order valence-corrected chi connectivity index (χ3v) is 5.68. The van der Waals surface area contributed by atoms with Gasteiger partial charge in [0.25, 0.3) is 5.70 Å². The monoisotopic (exact) mass is 324 g/mol. The van der Waals surface area contributed by atoms with Crippen LogP contribution in [0.25, 0.3) is 9.75 Å². The number of rotatable bonds is 1. The lowest BCUT2D eigenvalue weighted by molar-refractivity contribution is 0.516. The van der Waals surface area contributed by atoms with Crippen molar-refractivity contribution in [2.75, 3.05) is 0 Å². The fourth-order valence-electron chi connectivity index (χ4n) is 2.35. The first kappa shape index (κ1) is 16.7. The number of hydrogen-bond donors (Lipinski definition) is 0. The summed E-state index contributed by atoms with van der Waals surface area (Å²) in [4.78, 5) is 3.54. The van der Waals surface area contributed by atoms with Crippen LogP contribution in [-0.2, 0) is 9.84 Å². The Bertz CT molecular complexity index is 898. The molecule has 0 aromatic heterocycles. The summed E-state index contributed by atoms with van der Waals surface area (Å²) in [5.41, 5.74) is 0.124. The van der Waals surface area contributed by atoms with Gasteiger partial charge in [-0.2, -0.15) is 0 Å². The number of nitriles is 1. The van der Waals surface area contributed by atoms with Crippen molar-refractivity contribution >= 4 is 14.7 Å². The molecular weight excluding hydrogens is 308 g/mol. The minimum Gasteiger partial charge on any atom is -0.226 e. The van der Waals surface area contributed by atoms with E-state index in [0.717, 1.165) is 0 Å². The highest BCUT2D eigenvalue weighted by Crippen LogP contribution is 2.42. The zero-order chi connectivity index (χ0) is 17.3. The Kier molecular flexibility index (Phi) is 4.27.